The van der Waals surface area contributed by atoms with E-state index in [-0.39, 0.29) is 36.4 Å². The molecule has 232 valence electrons. The van der Waals surface area contributed by atoms with Crippen LogP contribution in [-0.2, 0) is 31.6 Å². The highest BCUT2D eigenvalue weighted by atomic mass is 19.4. The number of morpholine rings is 1. The van der Waals surface area contributed by atoms with E-state index in [2.05, 4.69) is 9.88 Å². The number of likely N-dealkylation sites (tertiary alicyclic amines) is 1. The van der Waals surface area contributed by atoms with E-state index in [1.165, 1.54) is 18.1 Å². The Bertz CT molecular complexity index is 1280. The van der Waals surface area contributed by atoms with Crippen LogP contribution in [0.25, 0.3) is 10.9 Å². The third kappa shape index (κ3) is 7.74. The number of aromatic hydroxyl groups is 1. The predicted octanol–water partition coefficient (Wildman–Crippen LogP) is 4.40. The third-order valence-electron chi connectivity index (χ3n) is 7.38. The van der Waals surface area contributed by atoms with Gasteiger partial charge in [-0.1, -0.05) is 0 Å². The van der Waals surface area contributed by atoms with Gasteiger partial charge in [-0.25, -0.2) is 14.6 Å². The predicted molar refractivity (Wildman–Crippen MR) is 146 cm³/mol. The lowest BCUT2D eigenvalue weighted by molar-refractivity contribution is -0.145. The zero-order chi connectivity index (χ0) is 30.7. The highest BCUT2D eigenvalue weighted by Gasteiger charge is 2.42. The van der Waals surface area contributed by atoms with Gasteiger partial charge in [0.05, 0.1) is 25.8 Å². The number of esters is 1. The monoisotopic (exact) mass is 597 g/mol. The van der Waals surface area contributed by atoms with Crippen LogP contribution in [0.4, 0.5) is 18.0 Å². The molecule has 1 amide bonds. The number of amides is 1. The Labute approximate surface area is 242 Å². The van der Waals surface area contributed by atoms with E-state index in [4.69, 9.17) is 18.9 Å². The molecule has 2 fully saturated rings. The lowest BCUT2D eigenvalue weighted by atomic mass is 9.94. The number of rotatable bonds is 8. The summed E-state index contributed by atoms with van der Waals surface area (Å²) in [4.78, 5) is 32.5. The van der Waals surface area contributed by atoms with Crippen LogP contribution in [0.1, 0.15) is 44.9 Å². The maximum Gasteiger partial charge on any atom is 0.437 e. The van der Waals surface area contributed by atoms with Gasteiger partial charge in [-0.15, -0.1) is 0 Å². The molecule has 1 unspecified atom stereocenters. The molecule has 13 heteroatoms. The van der Waals surface area contributed by atoms with Crippen LogP contribution in [0.15, 0.2) is 18.2 Å². The van der Waals surface area contributed by atoms with Crippen molar-refractivity contribution in [3.05, 3.63) is 29.5 Å². The van der Waals surface area contributed by atoms with Crippen LogP contribution in [0.3, 0.4) is 0 Å². The number of aromatic nitrogens is 1. The second-order valence-electron chi connectivity index (χ2n) is 11.6. The summed E-state index contributed by atoms with van der Waals surface area (Å²) in [6, 6.07) is 3.72. The summed E-state index contributed by atoms with van der Waals surface area (Å²) in [6.45, 7) is 9.23. The molecule has 3 heterocycles. The van der Waals surface area contributed by atoms with Crippen molar-refractivity contribution in [2.24, 2.45) is 5.92 Å². The quantitative estimate of drug-likeness (QED) is 0.443. The Morgan fingerprint density at radius 2 is 1.88 bits per heavy atom. The van der Waals surface area contributed by atoms with Gasteiger partial charge >= 0.3 is 18.2 Å². The minimum absolute atomic E-state index is 0.0475. The molecule has 1 aromatic heterocycles. The summed E-state index contributed by atoms with van der Waals surface area (Å²) in [5.41, 5.74) is -1.99. The van der Waals surface area contributed by atoms with Gasteiger partial charge in [0.2, 0.25) is 0 Å². The lowest BCUT2D eigenvalue weighted by Crippen LogP contribution is -2.43. The van der Waals surface area contributed by atoms with Gasteiger partial charge in [-0.2, -0.15) is 13.2 Å². The average molecular weight is 598 g/mol. The number of aryl methyl sites for hydroxylation is 1. The van der Waals surface area contributed by atoms with E-state index in [0.717, 1.165) is 13.1 Å². The van der Waals surface area contributed by atoms with Crippen molar-refractivity contribution in [3.8, 4) is 11.5 Å². The first-order chi connectivity index (χ1) is 19.8. The van der Waals surface area contributed by atoms with Gasteiger partial charge in [0.1, 0.15) is 29.7 Å². The second kappa shape index (κ2) is 12.9. The number of ether oxygens (including phenoxy) is 4. The fraction of sp³-hybridized carbons (Fsp3) is 0.621. The topological polar surface area (TPSA) is 111 Å². The van der Waals surface area contributed by atoms with Crippen LogP contribution in [-0.4, -0.2) is 96.7 Å². The van der Waals surface area contributed by atoms with Gasteiger partial charge in [0.15, 0.2) is 5.69 Å². The van der Waals surface area contributed by atoms with Crippen LogP contribution >= 0.6 is 0 Å². The molecule has 2 atom stereocenters. The van der Waals surface area contributed by atoms with E-state index >= 15 is 0 Å². The van der Waals surface area contributed by atoms with Crippen LogP contribution in [0.2, 0.25) is 0 Å². The summed E-state index contributed by atoms with van der Waals surface area (Å²) >= 11 is 0. The van der Waals surface area contributed by atoms with Gasteiger partial charge in [-0.3, -0.25) is 9.80 Å². The largest absolute Gasteiger partial charge is 0.505 e. The van der Waals surface area contributed by atoms with Crippen LogP contribution < -0.4 is 4.74 Å². The highest BCUT2D eigenvalue weighted by molar-refractivity contribution is 5.86. The zero-order valence-electron chi connectivity index (χ0n) is 24.3. The van der Waals surface area contributed by atoms with Gasteiger partial charge in [-0.05, 0) is 64.2 Å². The molecule has 1 N–H and O–H groups in total. The highest BCUT2D eigenvalue weighted by Crippen LogP contribution is 2.41. The minimum atomic E-state index is -4.86. The molecule has 42 heavy (non-hydrogen) atoms. The fourth-order valence-corrected chi connectivity index (χ4v) is 5.32. The number of hydrogen-bond acceptors (Lipinski definition) is 9. The van der Waals surface area contributed by atoms with Crippen molar-refractivity contribution in [2.45, 2.75) is 57.9 Å². The lowest BCUT2D eigenvalue weighted by Gasteiger charge is -2.27. The molecule has 0 bridgehead atoms. The normalized spacial score (nSPS) is 20.1. The summed E-state index contributed by atoms with van der Waals surface area (Å²) < 4.78 is 63.0. The van der Waals surface area contributed by atoms with Crippen molar-refractivity contribution in [1.82, 2.24) is 14.8 Å². The summed E-state index contributed by atoms with van der Waals surface area (Å²) in [6.07, 6.45) is -4.95. The number of pyridine rings is 1. The molecule has 2 aromatic rings. The maximum atomic E-state index is 13.8. The van der Waals surface area contributed by atoms with E-state index in [1.54, 1.807) is 32.9 Å². The molecular weight excluding hydrogens is 559 g/mol. The Morgan fingerprint density at radius 3 is 2.52 bits per heavy atom. The Morgan fingerprint density at radius 1 is 1.17 bits per heavy atom. The van der Waals surface area contributed by atoms with Crippen molar-refractivity contribution >= 4 is 23.0 Å². The van der Waals surface area contributed by atoms with Gasteiger partial charge in [0, 0.05) is 37.1 Å². The smallest absolute Gasteiger partial charge is 0.437 e. The van der Waals surface area contributed by atoms with E-state index < -0.39 is 41.3 Å². The number of halogens is 3. The Hall–Kier alpha value is -3.32. The molecule has 4 rings (SSSR count). The molecule has 2 saturated heterocycles. The first-order valence-corrected chi connectivity index (χ1v) is 14.0. The van der Waals surface area contributed by atoms with Crippen molar-refractivity contribution in [3.63, 3.8) is 0 Å². The average Bonchev–Trinajstić information content (AvgIpc) is 3.35. The molecule has 0 spiro atoms. The number of carbonyl (C=O) groups excluding carboxylic acids is 2. The minimum Gasteiger partial charge on any atom is -0.505 e. The molecule has 1 aromatic carbocycles. The number of nitrogens with zero attached hydrogens (tertiary/aromatic N) is 3. The van der Waals surface area contributed by atoms with E-state index in [9.17, 15) is 27.9 Å². The number of fused-ring (bicyclic) bond motifs is 1. The zero-order valence-corrected chi connectivity index (χ0v) is 24.3. The summed E-state index contributed by atoms with van der Waals surface area (Å²) in [5, 5.41) is 11.1. The fourth-order valence-electron chi connectivity index (χ4n) is 5.32. The molecular formula is C29H38F3N3O7. The molecule has 10 nitrogen and oxygen atoms in total. The van der Waals surface area contributed by atoms with Gasteiger partial charge in [0.25, 0.3) is 0 Å². The Balaban J connectivity index is 1.55. The van der Waals surface area contributed by atoms with Gasteiger partial charge < -0.3 is 24.1 Å². The number of methoxy groups -OCH3 is 1. The van der Waals surface area contributed by atoms with Crippen LogP contribution in [0, 0.1) is 5.92 Å². The number of benzene rings is 1. The SMILES string of the molecule is COC(=O)[C@@H]1CC(CCc2c(O)c(C(F)(F)F)nc3ccc(OCCN4CCOCC4)cc23)CN1C(=O)OC(C)(C)C. The third-order valence-corrected chi connectivity index (χ3v) is 7.38. The number of carbonyl (C=O) groups is 2. The van der Waals surface area contributed by atoms with E-state index in [0.29, 0.717) is 43.9 Å². The summed E-state index contributed by atoms with van der Waals surface area (Å²) in [7, 11) is 1.23. The van der Waals surface area contributed by atoms with E-state index in [1.807, 2.05) is 0 Å². The Kier molecular flexibility index (Phi) is 9.71. The van der Waals surface area contributed by atoms with Crippen molar-refractivity contribution in [2.75, 3.05) is 53.1 Å². The maximum absolute atomic E-state index is 13.8. The second-order valence-corrected chi connectivity index (χ2v) is 11.6. The van der Waals surface area contributed by atoms with Crippen LogP contribution in [0.5, 0.6) is 11.5 Å². The van der Waals surface area contributed by atoms with Crippen molar-refractivity contribution < 1.29 is 46.8 Å². The summed E-state index contributed by atoms with van der Waals surface area (Å²) in [5.74, 6) is -1.35. The first-order valence-electron chi connectivity index (χ1n) is 14.0. The number of alkyl halides is 3. The molecule has 0 saturated carbocycles. The first kappa shape index (κ1) is 31.6. The molecule has 2 aliphatic rings. The standard InChI is InChI=1S/C29H38F3N3O7/c1-28(2,3)42-27(38)35-17-18(15-23(35)26(37)39-4)5-7-20-21-16-19(41-14-11-34-9-12-40-13-10-34)6-8-22(21)33-25(24(20)36)29(30,31)32/h6,8,16,18,23,36H,5,7,9-15,17H2,1-4H3/t18?,23-/m0/s1. The molecule has 2 aliphatic heterocycles. The van der Waals surface area contributed by atoms with Crippen molar-refractivity contribution in [1.29, 1.82) is 0 Å². The molecule has 0 radical (unpaired) electrons. The molecule has 0 aliphatic carbocycles. The number of hydrogen-bond donors (Lipinski definition) is 1.